The van der Waals surface area contributed by atoms with Crippen molar-refractivity contribution < 1.29 is 13.8 Å². The van der Waals surface area contributed by atoms with Gasteiger partial charge in [-0.25, -0.2) is 4.21 Å². The van der Waals surface area contributed by atoms with Gasteiger partial charge in [0.1, 0.15) is 0 Å². The lowest BCUT2D eigenvalue weighted by molar-refractivity contribution is 0.0949. The Morgan fingerprint density at radius 2 is 1.72 bits per heavy atom. The Balaban J connectivity index is 1.09. The number of carbonyl (C=O) groups is 2. The molecule has 2 aliphatic rings. The van der Waals surface area contributed by atoms with E-state index in [9.17, 15) is 13.8 Å². The third kappa shape index (κ3) is 5.58. The fourth-order valence-corrected chi connectivity index (χ4v) is 6.32. The lowest BCUT2D eigenvalue weighted by Crippen LogP contribution is -2.36. The van der Waals surface area contributed by atoms with E-state index in [1.807, 2.05) is 0 Å². The van der Waals surface area contributed by atoms with E-state index >= 15 is 0 Å². The van der Waals surface area contributed by atoms with Gasteiger partial charge in [0.2, 0.25) is 0 Å². The van der Waals surface area contributed by atoms with Gasteiger partial charge in [-0.1, -0.05) is 42.5 Å². The summed E-state index contributed by atoms with van der Waals surface area (Å²) in [6, 6.07) is 22.5. The van der Waals surface area contributed by atoms with Crippen LogP contribution in [0.2, 0.25) is 0 Å². The van der Waals surface area contributed by atoms with E-state index in [2.05, 4.69) is 45.9 Å². The second kappa shape index (κ2) is 11.2. The largest absolute Gasteiger partial charge is 0.352 e. The summed E-state index contributed by atoms with van der Waals surface area (Å²) in [6.45, 7) is 3.77. The average molecular weight is 502 g/mol. The minimum Gasteiger partial charge on any atom is -0.352 e. The Hall–Kier alpha value is -3.29. The van der Waals surface area contributed by atoms with Crippen LogP contribution in [0.4, 0.5) is 5.69 Å². The maximum atomic E-state index is 13.0. The molecule has 3 aromatic carbocycles. The molecule has 1 atom stereocenters. The number of likely N-dealkylation sites (tertiary alicyclic amines) is 1. The molecular weight excluding hydrogens is 470 g/mol. The second-order valence-corrected chi connectivity index (χ2v) is 10.9. The van der Waals surface area contributed by atoms with Crippen molar-refractivity contribution in [3.63, 3.8) is 0 Å². The Bertz CT molecular complexity index is 1270. The lowest BCUT2D eigenvalue weighted by atomic mass is 9.90. The molecule has 36 heavy (non-hydrogen) atoms. The Morgan fingerprint density at radius 3 is 2.53 bits per heavy atom. The van der Waals surface area contributed by atoms with Gasteiger partial charge in [0.25, 0.3) is 11.8 Å². The molecular formula is C29H31N3O3S. The number of fused-ring (bicyclic) bond motifs is 2. The van der Waals surface area contributed by atoms with Crippen LogP contribution < -0.4 is 10.6 Å². The molecule has 2 amide bonds. The highest BCUT2D eigenvalue weighted by Crippen LogP contribution is 2.31. The Labute approximate surface area is 214 Å². The normalized spacial score (nSPS) is 18.0. The maximum Gasteiger partial charge on any atom is 0.256 e. The fourth-order valence-electron chi connectivity index (χ4n) is 5.02. The monoisotopic (exact) mass is 501 g/mol. The zero-order chi connectivity index (χ0) is 24.9. The standard InChI is InChI=1S/C29H31N3O3S/c33-28(30-15-6-16-32-17-13-22(14-18-32)19-21-7-2-1-3-8-21)23-11-12-27-25(20-23)31-29(34)24-9-4-5-10-26(24)36(27)35/h1-5,7-12,20,22H,6,13-19H2,(H,30,33)(H,31,34). The third-order valence-corrected chi connectivity index (χ3v) is 8.54. The molecule has 0 aliphatic carbocycles. The van der Waals surface area contributed by atoms with E-state index in [0.717, 1.165) is 38.4 Å². The van der Waals surface area contributed by atoms with Gasteiger partial charge in [-0.3, -0.25) is 9.59 Å². The molecule has 0 radical (unpaired) electrons. The minimum absolute atomic E-state index is 0.193. The van der Waals surface area contributed by atoms with E-state index < -0.39 is 10.8 Å². The molecule has 186 valence electrons. The van der Waals surface area contributed by atoms with Crippen molar-refractivity contribution in [2.75, 3.05) is 31.5 Å². The molecule has 1 saturated heterocycles. The first kappa shape index (κ1) is 24.4. The molecule has 2 heterocycles. The predicted octanol–water partition coefficient (Wildman–Crippen LogP) is 4.49. The number of anilines is 1. The molecule has 6 nitrogen and oxygen atoms in total. The highest BCUT2D eigenvalue weighted by Gasteiger charge is 2.25. The minimum atomic E-state index is -1.49. The summed E-state index contributed by atoms with van der Waals surface area (Å²) in [4.78, 5) is 28.8. The van der Waals surface area contributed by atoms with Crippen molar-refractivity contribution in [2.45, 2.75) is 35.5 Å². The van der Waals surface area contributed by atoms with Gasteiger partial charge in [-0.05, 0) is 87.1 Å². The van der Waals surface area contributed by atoms with E-state index in [1.54, 1.807) is 42.5 Å². The van der Waals surface area contributed by atoms with Crippen molar-refractivity contribution in [2.24, 2.45) is 5.92 Å². The van der Waals surface area contributed by atoms with Gasteiger partial charge in [-0.2, -0.15) is 0 Å². The summed E-state index contributed by atoms with van der Waals surface area (Å²) in [6.07, 6.45) is 4.47. The summed E-state index contributed by atoms with van der Waals surface area (Å²) in [5, 5.41) is 5.80. The molecule has 0 spiro atoms. The zero-order valence-electron chi connectivity index (χ0n) is 20.2. The number of benzene rings is 3. The van der Waals surface area contributed by atoms with Gasteiger partial charge in [0, 0.05) is 12.1 Å². The van der Waals surface area contributed by atoms with Crippen molar-refractivity contribution in [3.8, 4) is 0 Å². The smallest absolute Gasteiger partial charge is 0.256 e. The van der Waals surface area contributed by atoms with Gasteiger partial charge < -0.3 is 15.5 Å². The van der Waals surface area contributed by atoms with E-state index in [1.165, 1.54) is 18.4 Å². The Kier molecular flexibility index (Phi) is 7.58. The van der Waals surface area contributed by atoms with Crippen LogP contribution >= 0.6 is 0 Å². The van der Waals surface area contributed by atoms with Crippen molar-refractivity contribution in [1.82, 2.24) is 10.2 Å². The number of carbonyl (C=O) groups excluding carboxylic acids is 2. The summed E-state index contributed by atoms with van der Waals surface area (Å²) in [7, 11) is -1.49. The number of piperidine rings is 1. The molecule has 1 fully saturated rings. The van der Waals surface area contributed by atoms with Crippen LogP contribution in [-0.2, 0) is 17.2 Å². The first-order valence-corrected chi connectivity index (χ1v) is 13.7. The summed E-state index contributed by atoms with van der Waals surface area (Å²) in [5.41, 5.74) is 2.67. The highest BCUT2D eigenvalue weighted by molar-refractivity contribution is 7.85. The SMILES string of the molecule is O=C(NCCCN1CCC(Cc2ccccc2)CC1)c1ccc2c(c1)NC(=O)c1ccccc1S2=O. The van der Waals surface area contributed by atoms with Crippen LogP contribution in [0.15, 0.2) is 82.6 Å². The zero-order valence-corrected chi connectivity index (χ0v) is 21.1. The van der Waals surface area contributed by atoms with E-state index in [-0.39, 0.29) is 11.8 Å². The lowest BCUT2D eigenvalue weighted by Gasteiger charge is -2.32. The van der Waals surface area contributed by atoms with Crippen LogP contribution in [0.5, 0.6) is 0 Å². The molecule has 2 aliphatic heterocycles. The second-order valence-electron chi connectivity index (χ2n) is 9.51. The van der Waals surface area contributed by atoms with Crippen LogP contribution in [0.3, 0.4) is 0 Å². The molecule has 1 unspecified atom stereocenters. The number of nitrogens with one attached hydrogen (secondary N) is 2. The first-order valence-electron chi connectivity index (χ1n) is 12.6. The van der Waals surface area contributed by atoms with Crippen molar-refractivity contribution in [3.05, 3.63) is 89.5 Å². The van der Waals surface area contributed by atoms with Gasteiger partial charge in [0.05, 0.1) is 31.8 Å². The average Bonchev–Trinajstić information content (AvgIpc) is 3.02. The van der Waals surface area contributed by atoms with Gasteiger partial charge >= 0.3 is 0 Å². The number of amides is 2. The number of hydrogen-bond acceptors (Lipinski definition) is 4. The van der Waals surface area contributed by atoms with Gasteiger partial charge in [-0.15, -0.1) is 0 Å². The molecule has 3 aromatic rings. The topological polar surface area (TPSA) is 78.5 Å². The van der Waals surface area contributed by atoms with Crippen LogP contribution in [-0.4, -0.2) is 47.1 Å². The number of rotatable bonds is 7. The maximum absolute atomic E-state index is 13.0. The molecule has 7 heteroatoms. The molecule has 0 saturated carbocycles. The third-order valence-electron chi connectivity index (χ3n) is 7.03. The van der Waals surface area contributed by atoms with Crippen LogP contribution in [0.1, 0.15) is 45.5 Å². The van der Waals surface area contributed by atoms with Crippen LogP contribution in [0.25, 0.3) is 0 Å². The van der Waals surface area contributed by atoms with E-state index in [0.29, 0.717) is 33.2 Å². The predicted molar refractivity (Wildman–Crippen MR) is 142 cm³/mol. The fraction of sp³-hybridized carbons (Fsp3) is 0.310. The molecule has 2 N–H and O–H groups in total. The van der Waals surface area contributed by atoms with E-state index in [4.69, 9.17) is 0 Å². The van der Waals surface area contributed by atoms with Crippen molar-refractivity contribution >= 4 is 28.3 Å². The van der Waals surface area contributed by atoms with Crippen molar-refractivity contribution in [1.29, 1.82) is 0 Å². The Morgan fingerprint density at radius 1 is 0.972 bits per heavy atom. The van der Waals surface area contributed by atoms with Gasteiger partial charge in [0.15, 0.2) is 0 Å². The summed E-state index contributed by atoms with van der Waals surface area (Å²) >= 11 is 0. The quantitative estimate of drug-likeness (QED) is 0.468. The summed E-state index contributed by atoms with van der Waals surface area (Å²) in [5.74, 6) is 0.239. The molecule has 0 bridgehead atoms. The molecule has 5 rings (SSSR count). The highest BCUT2D eigenvalue weighted by atomic mass is 32.2. The number of hydrogen-bond donors (Lipinski definition) is 2. The number of nitrogens with zero attached hydrogens (tertiary/aromatic N) is 1. The first-order chi connectivity index (χ1) is 17.6. The molecule has 0 aromatic heterocycles. The van der Waals surface area contributed by atoms with Crippen LogP contribution in [0, 0.1) is 5.92 Å². The summed E-state index contributed by atoms with van der Waals surface area (Å²) < 4.78 is 13.0.